The van der Waals surface area contributed by atoms with Crippen LogP contribution in [-0.4, -0.2) is 19.7 Å². The van der Waals surface area contributed by atoms with Crippen LogP contribution >= 0.6 is 0 Å². The molecule has 0 bridgehead atoms. The van der Waals surface area contributed by atoms with Crippen molar-refractivity contribution in [3.05, 3.63) is 47.7 Å². The summed E-state index contributed by atoms with van der Waals surface area (Å²) in [5, 5.41) is 0. The lowest BCUT2D eigenvalue weighted by molar-refractivity contribution is -0.139. The van der Waals surface area contributed by atoms with E-state index in [0.29, 0.717) is 5.76 Å². The van der Waals surface area contributed by atoms with Crippen LogP contribution in [0.15, 0.2) is 40.8 Å². The number of esters is 1. The zero-order chi connectivity index (χ0) is 17.7. The highest BCUT2D eigenvalue weighted by molar-refractivity contribution is 5.86. The summed E-state index contributed by atoms with van der Waals surface area (Å²) in [6.07, 6.45) is -1.97. The summed E-state index contributed by atoms with van der Waals surface area (Å²) < 4.78 is 54.0. The maximum absolute atomic E-state index is 13.0. The zero-order valence-corrected chi connectivity index (χ0v) is 13.0. The smallest absolute Gasteiger partial charge is 0.419 e. The summed E-state index contributed by atoms with van der Waals surface area (Å²) in [5.74, 6) is -0.228. The molecule has 2 rings (SSSR count). The molecule has 4 nitrogen and oxygen atoms in total. The summed E-state index contributed by atoms with van der Waals surface area (Å²) in [7, 11) is 1.18. The van der Waals surface area contributed by atoms with Gasteiger partial charge in [-0.05, 0) is 43.3 Å². The van der Waals surface area contributed by atoms with E-state index in [1.54, 1.807) is 13.0 Å². The number of halogens is 3. The van der Waals surface area contributed by atoms with Crippen molar-refractivity contribution < 1.29 is 31.9 Å². The van der Waals surface area contributed by atoms with Crippen molar-refractivity contribution in [2.45, 2.75) is 13.1 Å². The minimum atomic E-state index is -4.54. The van der Waals surface area contributed by atoms with E-state index in [-0.39, 0.29) is 23.7 Å². The van der Waals surface area contributed by atoms with Gasteiger partial charge >= 0.3 is 12.1 Å². The van der Waals surface area contributed by atoms with Crippen LogP contribution in [0.2, 0.25) is 0 Å². The largest absolute Gasteiger partial charge is 0.496 e. The highest BCUT2D eigenvalue weighted by Gasteiger charge is 2.34. The van der Waals surface area contributed by atoms with Gasteiger partial charge in [0.15, 0.2) is 0 Å². The standard InChI is InChI=1S/C17H15F3O4/c1-3-23-16(21)9-6-12-5-8-14(24-12)11-4-7-15(22-2)13(10-11)17(18,19)20/h4-10H,3H2,1-2H3/b9-6+. The Morgan fingerprint density at radius 2 is 2.00 bits per heavy atom. The average Bonchev–Trinajstić information content (AvgIpc) is 3.01. The molecule has 0 fully saturated rings. The number of furan rings is 1. The Hall–Kier alpha value is -2.70. The van der Waals surface area contributed by atoms with Crippen molar-refractivity contribution in [3.63, 3.8) is 0 Å². The van der Waals surface area contributed by atoms with Crippen LogP contribution in [0.25, 0.3) is 17.4 Å². The second-order valence-electron chi connectivity index (χ2n) is 4.70. The molecule has 0 saturated heterocycles. The van der Waals surface area contributed by atoms with Crippen LogP contribution in [0.5, 0.6) is 5.75 Å². The summed E-state index contributed by atoms with van der Waals surface area (Å²) in [6, 6.07) is 6.71. The number of methoxy groups -OCH3 is 1. The van der Waals surface area contributed by atoms with Crippen LogP contribution in [0.3, 0.4) is 0 Å². The summed E-state index contributed by atoms with van der Waals surface area (Å²) >= 11 is 0. The van der Waals surface area contributed by atoms with Crippen LogP contribution in [0.4, 0.5) is 13.2 Å². The van der Waals surface area contributed by atoms with Gasteiger partial charge in [0.25, 0.3) is 0 Å². The molecule has 0 saturated carbocycles. The molecule has 24 heavy (non-hydrogen) atoms. The second-order valence-corrected chi connectivity index (χ2v) is 4.70. The van der Waals surface area contributed by atoms with Gasteiger partial charge in [0.2, 0.25) is 0 Å². The SMILES string of the molecule is CCOC(=O)/C=C/c1ccc(-c2ccc(OC)c(C(F)(F)F)c2)o1. The van der Waals surface area contributed by atoms with E-state index in [0.717, 1.165) is 6.07 Å². The third-order valence-electron chi connectivity index (χ3n) is 3.09. The van der Waals surface area contributed by atoms with E-state index >= 15 is 0 Å². The topological polar surface area (TPSA) is 48.7 Å². The molecule has 0 aliphatic carbocycles. The Balaban J connectivity index is 2.29. The first kappa shape index (κ1) is 17.7. The predicted molar refractivity (Wildman–Crippen MR) is 81.4 cm³/mol. The number of rotatable bonds is 5. The van der Waals surface area contributed by atoms with Gasteiger partial charge in [0, 0.05) is 11.6 Å². The third kappa shape index (κ3) is 4.18. The van der Waals surface area contributed by atoms with Gasteiger partial charge in [0.1, 0.15) is 17.3 Å². The molecule has 0 N–H and O–H groups in total. The van der Waals surface area contributed by atoms with Crippen molar-refractivity contribution in [2.24, 2.45) is 0 Å². The van der Waals surface area contributed by atoms with Gasteiger partial charge in [-0.15, -0.1) is 0 Å². The molecule has 0 radical (unpaired) electrons. The molecule has 0 spiro atoms. The fourth-order valence-electron chi connectivity index (χ4n) is 2.02. The van der Waals surface area contributed by atoms with Gasteiger partial charge in [0.05, 0.1) is 19.3 Å². The van der Waals surface area contributed by atoms with Crippen molar-refractivity contribution >= 4 is 12.0 Å². The first-order valence-electron chi connectivity index (χ1n) is 7.05. The normalized spacial score (nSPS) is 11.7. The number of hydrogen-bond donors (Lipinski definition) is 0. The fourth-order valence-corrected chi connectivity index (χ4v) is 2.02. The Morgan fingerprint density at radius 3 is 2.62 bits per heavy atom. The lowest BCUT2D eigenvalue weighted by Crippen LogP contribution is -2.07. The van der Waals surface area contributed by atoms with Gasteiger partial charge in [-0.2, -0.15) is 13.2 Å². The van der Waals surface area contributed by atoms with Crippen LogP contribution in [0, 0.1) is 0 Å². The third-order valence-corrected chi connectivity index (χ3v) is 3.09. The fraction of sp³-hybridized carbons (Fsp3) is 0.235. The van der Waals surface area contributed by atoms with E-state index in [9.17, 15) is 18.0 Å². The van der Waals surface area contributed by atoms with Crippen molar-refractivity contribution in [2.75, 3.05) is 13.7 Å². The van der Waals surface area contributed by atoms with Crippen LogP contribution in [0.1, 0.15) is 18.2 Å². The number of carbonyl (C=O) groups excluding carboxylic acids is 1. The maximum atomic E-state index is 13.0. The van der Waals surface area contributed by atoms with Crippen molar-refractivity contribution in [1.29, 1.82) is 0 Å². The van der Waals surface area contributed by atoms with E-state index < -0.39 is 17.7 Å². The monoisotopic (exact) mass is 340 g/mol. The number of ether oxygens (including phenoxy) is 2. The Kier molecular flexibility index (Phi) is 5.33. The molecule has 2 aromatic rings. The summed E-state index contributed by atoms with van der Waals surface area (Å²) in [4.78, 5) is 11.2. The second kappa shape index (κ2) is 7.25. The van der Waals surface area contributed by atoms with E-state index in [2.05, 4.69) is 0 Å². The number of carbonyl (C=O) groups is 1. The van der Waals surface area contributed by atoms with Gasteiger partial charge < -0.3 is 13.9 Å². The van der Waals surface area contributed by atoms with E-state index in [1.165, 1.54) is 37.5 Å². The highest BCUT2D eigenvalue weighted by Crippen LogP contribution is 2.38. The summed E-state index contributed by atoms with van der Waals surface area (Å²) in [6.45, 7) is 1.93. The number of hydrogen-bond acceptors (Lipinski definition) is 4. The Bertz CT molecular complexity index is 745. The molecule has 0 aliphatic heterocycles. The molecule has 1 aromatic carbocycles. The van der Waals surface area contributed by atoms with Gasteiger partial charge in [-0.1, -0.05) is 0 Å². The quantitative estimate of drug-likeness (QED) is 0.592. The average molecular weight is 340 g/mol. The molecule has 0 unspecified atom stereocenters. The molecule has 0 amide bonds. The lowest BCUT2D eigenvalue weighted by Gasteiger charge is -2.12. The minimum absolute atomic E-state index is 0.242. The first-order chi connectivity index (χ1) is 11.3. The van der Waals surface area contributed by atoms with Crippen LogP contribution < -0.4 is 4.74 Å². The van der Waals surface area contributed by atoms with Crippen molar-refractivity contribution in [1.82, 2.24) is 0 Å². The molecule has 128 valence electrons. The predicted octanol–water partition coefficient (Wildman–Crippen LogP) is 4.55. The molecular weight excluding hydrogens is 325 g/mol. The minimum Gasteiger partial charge on any atom is -0.496 e. The molecule has 0 atom stereocenters. The van der Waals surface area contributed by atoms with Crippen LogP contribution in [-0.2, 0) is 15.7 Å². The zero-order valence-electron chi connectivity index (χ0n) is 13.0. The molecular formula is C17H15F3O4. The molecule has 1 heterocycles. The number of benzene rings is 1. The van der Waals surface area contributed by atoms with Crippen molar-refractivity contribution in [3.8, 4) is 17.1 Å². The Labute approximate surface area is 136 Å². The molecule has 7 heteroatoms. The molecule has 0 aliphatic rings. The maximum Gasteiger partial charge on any atom is 0.419 e. The lowest BCUT2D eigenvalue weighted by atomic mass is 10.1. The summed E-state index contributed by atoms with van der Waals surface area (Å²) in [5.41, 5.74) is -0.638. The first-order valence-corrected chi connectivity index (χ1v) is 7.05. The van der Waals surface area contributed by atoms with Gasteiger partial charge in [-0.3, -0.25) is 0 Å². The van der Waals surface area contributed by atoms with Gasteiger partial charge in [-0.25, -0.2) is 4.79 Å². The van der Waals surface area contributed by atoms with E-state index in [4.69, 9.17) is 13.9 Å². The Morgan fingerprint density at radius 1 is 1.25 bits per heavy atom. The molecule has 1 aromatic heterocycles. The highest BCUT2D eigenvalue weighted by atomic mass is 19.4. The number of alkyl halides is 3. The van der Waals surface area contributed by atoms with E-state index in [1.807, 2.05) is 0 Å².